The van der Waals surface area contributed by atoms with Crippen molar-refractivity contribution in [1.29, 1.82) is 0 Å². The van der Waals surface area contributed by atoms with Crippen molar-refractivity contribution in [2.24, 2.45) is 0 Å². The van der Waals surface area contributed by atoms with E-state index in [1.807, 2.05) is 0 Å². The van der Waals surface area contributed by atoms with E-state index in [1.165, 1.54) is 25.7 Å². The highest BCUT2D eigenvalue weighted by Crippen LogP contribution is 2.25. The molecule has 1 rings (SSSR count). The van der Waals surface area contributed by atoms with Crippen molar-refractivity contribution in [3.8, 4) is 0 Å². The zero-order chi connectivity index (χ0) is 15.0. The summed E-state index contributed by atoms with van der Waals surface area (Å²) in [6.07, 6.45) is 3.22. The normalized spacial score (nSPS) is 34.4. The van der Waals surface area contributed by atoms with Gasteiger partial charge in [-0.1, -0.05) is 39.0 Å². The van der Waals surface area contributed by atoms with Crippen LogP contribution in [-0.2, 0) is 9.47 Å². The molecule has 0 saturated carbocycles. The Kier molecular flexibility index (Phi) is 9.08. The van der Waals surface area contributed by atoms with Crippen molar-refractivity contribution in [2.75, 3.05) is 13.2 Å². The van der Waals surface area contributed by atoms with Crippen molar-refractivity contribution in [2.45, 2.75) is 75.3 Å². The van der Waals surface area contributed by atoms with E-state index in [4.69, 9.17) is 14.6 Å². The lowest BCUT2D eigenvalue weighted by Gasteiger charge is -2.40. The van der Waals surface area contributed by atoms with Gasteiger partial charge in [-0.2, -0.15) is 12.6 Å². The minimum Gasteiger partial charge on any atom is -0.394 e. The lowest BCUT2D eigenvalue weighted by Crippen LogP contribution is -2.57. The van der Waals surface area contributed by atoms with Gasteiger partial charge >= 0.3 is 0 Å². The van der Waals surface area contributed by atoms with E-state index in [1.54, 1.807) is 0 Å². The monoisotopic (exact) mass is 308 g/mol. The third-order valence-corrected chi connectivity index (χ3v) is 4.27. The fraction of sp³-hybridized carbons (Fsp3) is 1.00. The van der Waals surface area contributed by atoms with Gasteiger partial charge in [-0.25, -0.2) is 0 Å². The average molecular weight is 308 g/mol. The van der Waals surface area contributed by atoms with Crippen LogP contribution < -0.4 is 0 Å². The average Bonchev–Trinajstić information content (AvgIpc) is 2.46. The Morgan fingerprint density at radius 3 is 2.35 bits per heavy atom. The van der Waals surface area contributed by atoms with Crippen LogP contribution in [0, 0.1) is 0 Å². The molecule has 1 aliphatic heterocycles. The topological polar surface area (TPSA) is 79.2 Å². The number of rotatable bonds is 9. The van der Waals surface area contributed by atoms with Crippen LogP contribution in [0.5, 0.6) is 0 Å². The van der Waals surface area contributed by atoms with Crippen LogP contribution >= 0.6 is 12.6 Å². The molecule has 0 amide bonds. The van der Waals surface area contributed by atoms with Gasteiger partial charge in [0, 0.05) is 6.61 Å². The molecule has 0 aromatic carbocycles. The fourth-order valence-corrected chi connectivity index (χ4v) is 2.63. The number of thiol groups is 1. The Morgan fingerprint density at radius 1 is 1.05 bits per heavy atom. The van der Waals surface area contributed by atoms with Gasteiger partial charge in [0.15, 0.2) is 6.29 Å². The summed E-state index contributed by atoms with van der Waals surface area (Å²) in [4.78, 5) is 0. The maximum absolute atomic E-state index is 9.86. The molecule has 1 unspecified atom stereocenters. The van der Waals surface area contributed by atoms with Gasteiger partial charge in [-0.05, 0) is 6.42 Å². The Labute approximate surface area is 126 Å². The predicted octanol–water partition coefficient (Wildman–Crippen LogP) is 1.10. The predicted molar refractivity (Wildman–Crippen MR) is 79.9 cm³/mol. The molecule has 0 aromatic rings. The Hall–Kier alpha value is 0.150. The summed E-state index contributed by atoms with van der Waals surface area (Å²) >= 11 is 4.14. The van der Waals surface area contributed by atoms with E-state index in [0.29, 0.717) is 6.61 Å². The summed E-state index contributed by atoms with van der Waals surface area (Å²) in [7, 11) is 0. The van der Waals surface area contributed by atoms with Crippen LogP contribution in [0.3, 0.4) is 0 Å². The van der Waals surface area contributed by atoms with Crippen LogP contribution in [0.25, 0.3) is 0 Å². The van der Waals surface area contributed by atoms with E-state index in [-0.39, 0.29) is 6.61 Å². The highest BCUT2D eigenvalue weighted by Gasteiger charge is 2.43. The zero-order valence-corrected chi connectivity index (χ0v) is 13.0. The van der Waals surface area contributed by atoms with E-state index in [9.17, 15) is 10.2 Å². The molecule has 120 valence electrons. The second-order valence-corrected chi connectivity index (χ2v) is 5.93. The maximum Gasteiger partial charge on any atom is 0.186 e. The highest BCUT2D eigenvalue weighted by atomic mass is 32.1. The van der Waals surface area contributed by atoms with Crippen molar-refractivity contribution in [3.63, 3.8) is 0 Å². The summed E-state index contributed by atoms with van der Waals surface area (Å²) in [6.45, 7) is 2.41. The number of aliphatic hydroxyl groups excluding tert-OH is 3. The molecule has 0 bridgehead atoms. The molecule has 6 heteroatoms. The van der Waals surface area contributed by atoms with Crippen LogP contribution in [0.2, 0.25) is 0 Å². The molecule has 0 aliphatic carbocycles. The molecule has 5 atom stereocenters. The minimum absolute atomic E-state index is 0.255. The molecule has 5 nitrogen and oxygen atoms in total. The largest absolute Gasteiger partial charge is 0.394 e. The van der Waals surface area contributed by atoms with Gasteiger partial charge in [-0.3, -0.25) is 0 Å². The summed E-state index contributed by atoms with van der Waals surface area (Å²) in [6, 6.07) is 0. The maximum atomic E-state index is 9.86. The van der Waals surface area contributed by atoms with E-state index < -0.39 is 29.9 Å². The first-order chi connectivity index (χ1) is 9.61. The van der Waals surface area contributed by atoms with Crippen LogP contribution in [0.15, 0.2) is 0 Å². The van der Waals surface area contributed by atoms with Crippen LogP contribution in [0.1, 0.15) is 45.4 Å². The van der Waals surface area contributed by atoms with E-state index in [0.717, 1.165) is 12.8 Å². The SMILES string of the molecule is CCCCCCCCOC1O[C@H](CO)[C@@H](S)[C@H](O)[C@H]1O. The number of hydrogen-bond donors (Lipinski definition) is 4. The van der Waals surface area contributed by atoms with Gasteiger partial charge in [0.05, 0.1) is 24.1 Å². The standard InChI is InChI=1S/C14H28O5S/c1-2-3-4-5-6-7-8-18-14-12(17)11(16)13(20)10(9-15)19-14/h10-17,20H,2-9H2,1H3/t10-,11-,12-,13-,14?/m1/s1. The molecular weight excluding hydrogens is 280 g/mol. The molecule has 3 N–H and O–H groups in total. The summed E-state index contributed by atoms with van der Waals surface area (Å²) in [5.74, 6) is 0. The molecule has 1 heterocycles. The molecular formula is C14H28O5S. The van der Waals surface area contributed by atoms with Crippen LogP contribution in [-0.4, -0.2) is 58.4 Å². The number of ether oxygens (including phenoxy) is 2. The second kappa shape index (κ2) is 9.97. The first-order valence-electron chi connectivity index (χ1n) is 7.54. The quantitative estimate of drug-likeness (QED) is 0.379. The van der Waals surface area contributed by atoms with Gasteiger partial charge in [0.25, 0.3) is 0 Å². The molecule has 20 heavy (non-hydrogen) atoms. The number of unbranched alkanes of at least 4 members (excludes halogenated alkanes) is 5. The Morgan fingerprint density at radius 2 is 1.70 bits per heavy atom. The third-order valence-electron chi connectivity index (χ3n) is 3.63. The van der Waals surface area contributed by atoms with Gasteiger partial charge in [-0.15, -0.1) is 0 Å². The van der Waals surface area contributed by atoms with Crippen LogP contribution in [0.4, 0.5) is 0 Å². The summed E-state index contributed by atoms with van der Waals surface area (Å²) in [5, 5.41) is 28.2. The molecule has 1 saturated heterocycles. The third kappa shape index (κ3) is 5.50. The van der Waals surface area contributed by atoms with E-state index >= 15 is 0 Å². The highest BCUT2D eigenvalue weighted by molar-refractivity contribution is 7.81. The minimum atomic E-state index is -1.12. The fourth-order valence-electron chi connectivity index (χ4n) is 2.29. The van der Waals surface area contributed by atoms with Crippen molar-refractivity contribution in [1.82, 2.24) is 0 Å². The second-order valence-electron chi connectivity index (χ2n) is 5.34. The summed E-state index contributed by atoms with van der Waals surface area (Å²) < 4.78 is 10.9. The lowest BCUT2D eigenvalue weighted by molar-refractivity contribution is -0.268. The smallest absolute Gasteiger partial charge is 0.186 e. The lowest BCUT2D eigenvalue weighted by atomic mass is 10.0. The zero-order valence-electron chi connectivity index (χ0n) is 12.1. The molecule has 0 spiro atoms. The van der Waals surface area contributed by atoms with Crippen molar-refractivity contribution >= 4 is 12.6 Å². The molecule has 1 aliphatic rings. The molecule has 1 fully saturated rings. The Bertz CT molecular complexity index is 252. The number of hydrogen-bond acceptors (Lipinski definition) is 6. The van der Waals surface area contributed by atoms with Gasteiger partial charge < -0.3 is 24.8 Å². The molecule has 0 radical (unpaired) electrons. The van der Waals surface area contributed by atoms with Gasteiger partial charge in [0.1, 0.15) is 6.10 Å². The first kappa shape index (κ1) is 18.2. The summed E-state index contributed by atoms with van der Waals surface area (Å²) in [5.41, 5.74) is 0. The van der Waals surface area contributed by atoms with Gasteiger partial charge in [0.2, 0.25) is 0 Å². The van der Waals surface area contributed by atoms with Crippen molar-refractivity contribution < 1.29 is 24.8 Å². The molecule has 0 aromatic heterocycles. The van der Waals surface area contributed by atoms with Crippen molar-refractivity contribution in [3.05, 3.63) is 0 Å². The number of aliphatic hydroxyl groups is 3. The first-order valence-corrected chi connectivity index (χ1v) is 8.05. The van der Waals surface area contributed by atoms with E-state index in [2.05, 4.69) is 19.6 Å². The Balaban J connectivity index is 2.21.